The average Bonchev–Trinajstić information content (AvgIpc) is 2.39. The van der Waals surface area contributed by atoms with Crippen molar-refractivity contribution in [2.45, 2.75) is 0 Å². The molecule has 0 aliphatic rings. The third-order valence-corrected chi connectivity index (χ3v) is 2.81. The molecule has 3 rings (SSSR count). The number of para-hydroxylation sites is 1. The topological polar surface area (TPSA) is 12.9 Å². The van der Waals surface area contributed by atoms with Crippen LogP contribution in [0.4, 0.5) is 4.39 Å². The van der Waals surface area contributed by atoms with E-state index in [-0.39, 0.29) is 5.82 Å². The largest absolute Gasteiger partial charge is 0.256 e. The Kier molecular flexibility index (Phi) is 2.33. The zero-order valence-electron chi connectivity index (χ0n) is 9.10. The molecule has 0 atom stereocenters. The molecule has 17 heavy (non-hydrogen) atoms. The first-order valence-electron chi connectivity index (χ1n) is 5.45. The molecule has 0 unspecified atom stereocenters. The predicted molar refractivity (Wildman–Crippen MR) is 67.1 cm³/mol. The van der Waals surface area contributed by atoms with Crippen LogP contribution in [0.1, 0.15) is 0 Å². The van der Waals surface area contributed by atoms with Crippen LogP contribution in [0.15, 0.2) is 60.8 Å². The Bertz CT molecular complexity index is 671. The van der Waals surface area contributed by atoms with E-state index in [0.29, 0.717) is 5.56 Å². The van der Waals surface area contributed by atoms with Crippen LogP contribution in [0.3, 0.4) is 0 Å². The Hall–Kier alpha value is -2.22. The van der Waals surface area contributed by atoms with E-state index >= 15 is 0 Å². The molecule has 1 nitrogen and oxygen atoms in total. The number of hydrogen-bond acceptors (Lipinski definition) is 1. The monoisotopic (exact) mass is 223 g/mol. The number of pyridine rings is 1. The van der Waals surface area contributed by atoms with Gasteiger partial charge in [-0.25, -0.2) is 4.39 Å². The van der Waals surface area contributed by atoms with Crippen LogP contribution in [0.25, 0.3) is 22.0 Å². The van der Waals surface area contributed by atoms with Crippen LogP contribution < -0.4 is 0 Å². The average molecular weight is 223 g/mol. The van der Waals surface area contributed by atoms with Crippen molar-refractivity contribution in [2.24, 2.45) is 0 Å². The van der Waals surface area contributed by atoms with Gasteiger partial charge in [0.2, 0.25) is 0 Å². The lowest BCUT2D eigenvalue weighted by Gasteiger charge is -2.06. The molecule has 0 saturated carbocycles. The van der Waals surface area contributed by atoms with Crippen molar-refractivity contribution < 1.29 is 4.39 Å². The van der Waals surface area contributed by atoms with E-state index in [1.54, 1.807) is 18.3 Å². The summed E-state index contributed by atoms with van der Waals surface area (Å²) in [6, 6.07) is 16.4. The molecule has 2 heteroatoms. The molecule has 0 bridgehead atoms. The summed E-state index contributed by atoms with van der Waals surface area (Å²) < 4.78 is 13.8. The molecule has 2 aromatic carbocycles. The van der Waals surface area contributed by atoms with Crippen LogP contribution >= 0.6 is 0 Å². The van der Waals surface area contributed by atoms with Crippen molar-refractivity contribution in [3.63, 3.8) is 0 Å². The lowest BCUT2D eigenvalue weighted by molar-refractivity contribution is 0.631. The lowest BCUT2D eigenvalue weighted by atomic mass is 10.0. The van der Waals surface area contributed by atoms with E-state index in [4.69, 9.17) is 0 Å². The van der Waals surface area contributed by atoms with Gasteiger partial charge in [0.1, 0.15) is 5.82 Å². The molecule has 0 aliphatic heterocycles. The molecule has 0 radical (unpaired) electrons. The van der Waals surface area contributed by atoms with Crippen molar-refractivity contribution in [1.82, 2.24) is 4.98 Å². The van der Waals surface area contributed by atoms with Gasteiger partial charge in [-0.1, -0.05) is 36.4 Å². The van der Waals surface area contributed by atoms with Gasteiger partial charge in [0.15, 0.2) is 0 Å². The lowest BCUT2D eigenvalue weighted by Crippen LogP contribution is -1.87. The molecular weight excluding hydrogens is 213 g/mol. The second-order valence-corrected chi connectivity index (χ2v) is 3.86. The van der Waals surface area contributed by atoms with Gasteiger partial charge in [-0.2, -0.15) is 0 Å². The number of fused-ring (bicyclic) bond motifs is 1. The zero-order valence-corrected chi connectivity index (χ0v) is 9.10. The molecule has 0 spiro atoms. The molecule has 1 heterocycles. The maximum Gasteiger partial charge on any atom is 0.131 e. The summed E-state index contributed by atoms with van der Waals surface area (Å²) in [5.41, 5.74) is 2.38. The second-order valence-electron chi connectivity index (χ2n) is 3.86. The van der Waals surface area contributed by atoms with Crippen molar-refractivity contribution in [3.8, 4) is 11.1 Å². The van der Waals surface area contributed by atoms with E-state index in [2.05, 4.69) is 4.98 Å². The summed E-state index contributed by atoms with van der Waals surface area (Å²) >= 11 is 0. The summed E-state index contributed by atoms with van der Waals surface area (Å²) in [7, 11) is 0. The van der Waals surface area contributed by atoms with Crippen molar-refractivity contribution in [3.05, 3.63) is 66.6 Å². The van der Waals surface area contributed by atoms with Crippen molar-refractivity contribution >= 4 is 10.9 Å². The van der Waals surface area contributed by atoms with E-state index in [1.165, 1.54) is 6.07 Å². The SMILES string of the molecule is Fc1ccccc1-c1ccnc2ccccc12. The molecule has 0 saturated heterocycles. The smallest absolute Gasteiger partial charge is 0.131 e. The minimum absolute atomic E-state index is 0.205. The Balaban J connectivity index is 2.35. The summed E-state index contributed by atoms with van der Waals surface area (Å²) in [6.45, 7) is 0. The highest BCUT2D eigenvalue weighted by Crippen LogP contribution is 2.28. The van der Waals surface area contributed by atoms with Gasteiger partial charge < -0.3 is 0 Å². The predicted octanol–water partition coefficient (Wildman–Crippen LogP) is 4.04. The molecule has 0 fully saturated rings. The summed E-state index contributed by atoms with van der Waals surface area (Å²) in [5, 5.41) is 0.972. The first-order chi connectivity index (χ1) is 8.36. The highest BCUT2D eigenvalue weighted by Gasteiger charge is 2.07. The van der Waals surface area contributed by atoms with Gasteiger partial charge in [-0.15, -0.1) is 0 Å². The molecule has 0 amide bonds. The molecule has 0 aliphatic carbocycles. The first kappa shape index (κ1) is 9.97. The normalized spacial score (nSPS) is 10.6. The van der Waals surface area contributed by atoms with Crippen LogP contribution in [0.5, 0.6) is 0 Å². The Morgan fingerprint density at radius 3 is 2.41 bits per heavy atom. The number of hydrogen-bond donors (Lipinski definition) is 0. The third-order valence-electron chi connectivity index (χ3n) is 2.81. The Labute approximate surface area is 98.6 Å². The van der Waals surface area contributed by atoms with E-state index < -0.39 is 0 Å². The fraction of sp³-hybridized carbons (Fsp3) is 0. The number of rotatable bonds is 1. The maximum absolute atomic E-state index is 13.8. The van der Waals surface area contributed by atoms with Crippen LogP contribution in [0.2, 0.25) is 0 Å². The van der Waals surface area contributed by atoms with E-state index in [0.717, 1.165) is 16.5 Å². The highest BCUT2D eigenvalue weighted by atomic mass is 19.1. The summed E-state index contributed by atoms with van der Waals surface area (Å²) in [5.74, 6) is -0.205. The molecule has 82 valence electrons. The Morgan fingerprint density at radius 2 is 1.53 bits per heavy atom. The quantitative estimate of drug-likeness (QED) is 0.606. The zero-order chi connectivity index (χ0) is 11.7. The van der Waals surface area contributed by atoms with Gasteiger partial charge in [0, 0.05) is 17.1 Å². The number of nitrogens with zero attached hydrogens (tertiary/aromatic N) is 1. The molecule has 3 aromatic rings. The fourth-order valence-electron chi connectivity index (χ4n) is 2.01. The standard InChI is InChI=1S/C15H10FN/c16-14-7-3-1-5-12(14)11-9-10-17-15-8-4-2-6-13(11)15/h1-10H. The van der Waals surface area contributed by atoms with E-state index in [1.807, 2.05) is 36.4 Å². The van der Waals surface area contributed by atoms with Gasteiger partial charge in [0.25, 0.3) is 0 Å². The second kappa shape index (κ2) is 3.98. The number of benzene rings is 2. The number of aromatic nitrogens is 1. The van der Waals surface area contributed by atoms with Gasteiger partial charge in [-0.3, -0.25) is 4.98 Å². The highest BCUT2D eigenvalue weighted by molar-refractivity contribution is 5.94. The fourth-order valence-corrected chi connectivity index (χ4v) is 2.01. The first-order valence-corrected chi connectivity index (χ1v) is 5.45. The van der Waals surface area contributed by atoms with Gasteiger partial charge in [0.05, 0.1) is 5.52 Å². The van der Waals surface area contributed by atoms with Crippen LogP contribution in [-0.2, 0) is 0 Å². The van der Waals surface area contributed by atoms with Crippen LogP contribution in [-0.4, -0.2) is 4.98 Å². The molecular formula is C15H10FN. The maximum atomic E-state index is 13.8. The summed E-state index contributed by atoms with van der Waals surface area (Å²) in [4.78, 5) is 4.27. The van der Waals surface area contributed by atoms with Crippen LogP contribution in [0, 0.1) is 5.82 Å². The number of halogens is 1. The van der Waals surface area contributed by atoms with Gasteiger partial charge >= 0.3 is 0 Å². The van der Waals surface area contributed by atoms with Gasteiger partial charge in [-0.05, 0) is 23.8 Å². The van der Waals surface area contributed by atoms with Crippen molar-refractivity contribution in [1.29, 1.82) is 0 Å². The Morgan fingerprint density at radius 1 is 0.765 bits per heavy atom. The minimum Gasteiger partial charge on any atom is -0.256 e. The minimum atomic E-state index is -0.205. The molecule has 0 N–H and O–H groups in total. The molecule has 1 aromatic heterocycles. The summed E-state index contributed by atoms with van der Waals surface area (Å²) in [6.07, 6.45) is 1.71. The van der Waals surface area contributed by atoms with E-state index in [9.17, 15) is 4.39 Å². The van der Waals surface area contributed by atoms with Crippen molar-refractivity contribution in [2.75, 3.05) is 0 Å². The third kappa shape index (κ3) is 1.68.